The highest BCUT2D eigenvalue weighted by Gasteiger charge is 2.28. The number of benzene rings is 1. The van der Waals surface area contributed by atoms with E-state index in [0.29, 0.717) is 5.41 Å². The van der Waals surface area contributed by atoms with Crippen molar-refractivity contribution < 1.29 is 0 Å². The molecule has 1 aromatic carbocycles. The molecule has 1 nitrogen and oxygen atoms in total. The SMILES string of the molecule is Cc1cc(C)c2c(c1)C(C)(C)CCN2. The van der Waals surface area contributed by atoms with Crippen LogP contribution in [-0.4, -0.2) is 6.54 Å². The minimum absolute atomic E-state index is 0.331. The maximum atomic E-state index is 3.51. The average Bonchev–Trinajstić information content (AvgIpc) is 2.06. The van der Waals surface area contributed by atoms with E-state index in [1.54, 1.807) is 0 Å². The predicted octanol–water partition coefficient (Wildman–Crippen LogP) is 3.40. The van der Waals surface area contributed by atoms with E-state index < -0.39 is 0 Å². The van der Waals surface area contributed by atoms with Gasteiger partial charge in [0.25, 0.3) is 0 Å². The maximum Gasteiger partial charge on any atom is 0.0408 e. The van der Waals surface area contributed by atoms with Gasteiger partial charge in [0.05, 0.1) is 0 Å². The van der Waals surface area contributed by atoms with Crippen molar-refractivity contribution in [1.29, 1.82) is 0 Å². The summed E-state index contributed by atoms with van der Waals surface area (Å²) in [5.74, 6) is 0. The zero-order valence-corrected chi connectivity index (χ0v) is 9.57. The molecule has 0 spiro atoms. The van der Waals surface area contributed by atoms with E-state index in [0.717, 1.165) is 6.54 Å². The van der Waals surface area contributed by atoms with Crippen LogP contribution in [0, 0.1) is 13.8 Å². The standard InChI is InChI=1S/C13H19N/c1-9-7-10(2)12-11(8-9)13(3,4)5-6-14-12/h7-8,14H,5-6H2,1-4H3. The van der Waals surface area contributed by atoms with Gasteiger partial charge < -0.3 is 5.32 Å². The molecule has 14 heavy (non-hydrogen) atoms. The van der Waals surface area contributed by atoms with Crippen molar-refractivity contribution in [2.75, 3.05) is 11.9 Å². The van der Waals surface area contributed by atoms with Crippen LogP contribution in [0.25, 0.3) is 0 Å². The molecule has 0 saturated heterocycles. The van der Waals surface area contributed by atoms with Gasteiger partial charge in [0.15, 0.2) is 0 Å². The number of nitrogens with one attached hydrogen (secondary N) is 1. The van der Waals surface area contributed by atoms with Crippen molar-refractivity contribution in [3.63, 3.8) is 0 Å². The Kier molecular flexibility index (Phi) is 2.06. The van der Waals surface area contributed by atoms with E-state index in [2.05, 4.69) is 45.1 Å². The molecule has 0 unspecified atom stereocenters. The van der Waals surface area contributed by atoms with E-state index >= 15 is 0 Å². The van der Waals surface area contributed by atoms with Gasteiger partial charge in [0.2, 0.25) is 0 Å². The molecular formula is C13H19N. The van der Waals surface area contributed by atoms with E-state index in [1.165, 1.54) is 28.8 Å². The first-order valence-corrected chi connectivity index (χ1v) is 5.36. The molecule has 0 amide bonds. The van der Waals surface area contributed by atoms with E-state index in [-0.39, 0.29) is 0 Å². The lowest BCUT2D eigenvalue weighted by atomic mass is 9.77. The molecule has 0 bridgehead atoms. The fourth-order valence-corrected chi connectivity index (χ4v) is 2.37. The molecule has 2 rings (SSSR count). The molecule has 1 heterocycles. The molecule has 76 valence electrons. The second-order valence-corrected chi connectivity index (χ2v) is 5.07. The maximum absolute atomic E-state index is 3.51. The number of hydrogen-bond acceptors (Lipinski definition) is 1. The number of fused-ring (bicyclic) bond motifs is 1. The summed E-state index contributed by atoms with van der Waals surface area (Å²) in [6, 6.07) is 4.59. The quantitative estimate of drug-likeness (QED) is 0.659. The van der Waals surface area contributed by atoms with Crippen molar-refractivity contribution in [2.45, 2.75) is 39.5 Å². The van der Waals surface area contributed by atoms with Gasteiger partial charge in [-0.2, -0.15) is 0 Å². The van der Waals surface area contributed by atoms with Crippen molar-refractivity contribution in [3.8, 4) is 0 Å². The Morgan fingerprint density at radius 2 is 1.93 bits per heavy atom. The van der Waals surface area contributed by atoms with Crippen LogP contribution < -0.4 is 5.32 Å². The molecule has 0 saturated carbocycles. The summed E-state index contributed by atoms with van der Waals surface area (Å²) in [6.45, 7) is 10.2. The van der Waals surface area contributed by atoms with Crippen LogP contribution in [-0.2, 0) is 5.41 Å². The van der Waals surface area contributed by atoms with Crippen LogP contribution in [0.4, 0.5) is 5.69 Å². The summed E-state index contributed by atoms with van der Waals surface area (Å²) < 4.78 is 0. The normalized spacial score (nSPS) is 18.6. The number of anilines is 1. The fraction of sp³-hybridized carbons (Fsp3) is 0.538. The lowest BCUT2D eigenvalue weighted by Gasteiger charge is -2.34. The molecule has 1 N–H and O–H groups in total. The molecule has 0 fully saturated rings. The zero-order chi connectivity index (χ0) is 10.3. The largest absolute Gasteiger partial charge is 0.385 e. The summed E-state index contributed by atoms with van der Waals surface area (Å²) in [5.41, 5.74) is 5.94. The van der Waals surface area contributed by atoms with Crippen molar-refractivity contribution in [3.05, 3.63) is 28.8 Å². The molecule has 0 aliphatic carbocycles. The first-order chi connectivity index (χ1) is 6.50. The summed E-state index contributed by atoms with van der Waals surface area (Å²) >= 11 is 0. The minimum Gasteiger partial charge on any atom is -0.385 e. The highest BCUT2D eigenvalue weighted by molar-refractivity contribution is 5.62. The van der Waals surface area contributed by atoms with Gasteiger partial charge in [0, 0.05) is 12.2 Å². The molecule has 1 aliphatic rings. The van der Waals surface area contributed by atoms with Gasteiger partial charge in [-0.05, 0) is 36.8 Å². The summed E-state index contributed by atoms with van der Waals surface area (Å²) in [4.78, 5) is 0. The third kappa shape index (κ3) is 1.41. The molecular weight excluding hydrogens is 170 g/mol. The van der Waals surface area contributed by atoms with Crippen LogP contribution in [0.5, 0.6) is 0 Å². The Labute approximate surface area is 86.5 Å². The van der Waals surface area contributed by atoms with Crippen LogP contribution in [0.15, 0.2) is 12.1 Å². The van der Waals surface area contributed by atoms with Gasteiger partial charge in [-0.25, -0.2) is 0 Å². The molecule has 1 heteroatoms. The Bertz CT molecular complexity index is 364. The molecule has 0 radical (unpaired) electrons. The Morgan fingerprint density at radius 3 is 2.64 bits per heavy atom. The van der Waals surface area contributed by atoms with E-state index in [1.807, 2.05) is 0 Å². The van der Waals surface area contributed by atoms with Gasteiger partial charge in [-0.3, -0.25) is 0 Å². The lowest BCUT2D eigenvalue weighted by Crippen LogP contribution is -2.28. The highest BCUT2D eigenvalue weighted by atomic mass is 14.9. The van der Waals surface area contributed by atoms with Crippen LogP contribution in [0.2, 0.25) is 0 Å². The zero-order valence-electron chi connectivity index (χ0n) is 9.57. The highest BCUT2D eigenvalue weighted by Crippen LogP contribution is 2.38. The molecule has 1 aliphatic heterocycles. The fourth-order valence-electron chi connectivity index (χ4n) is 2.37. The lowest BCUT2D eigenvalue weighted by molar-refractivity contribution is 0.481. The first-order valence-electron chi connectivity index (χ1n) is 5.36. The van der Waals surface area contributed by atoms with E-state index in [9.17, 15) is 0 Å². The molecule has 0 atom stereocenters. The smallest absolute Gasteiger partial charge is 0.0408 e. The van der Waals surface area contributed by atoms with Gasteiger partial charge in [-0.1, -0.05) is 31.5 Å². The monoisotopic (exact) mass is 189 g/mol. The summed E-state index contributed by atoms with van der Waals surface area (Å²) in [6.07, 6.45) is 1.23. The van der Waals surface area contributed by atoms with E-state index in [4.69, 9.17) is 0 Å². The van der Waals surface area contributed by atoms with Gasteiger partial charge in [0.1, 0.15) is 0 Å². The first kappa shape index (κ1) is 9.57. The number of rotatable bonds is 0. The molecule has 0 aromatic heterocycles. The van der Waals surface area contributed by atoms with Crippen LogP contribution in [0.1, 0.15) is 37.0 Å². The third-order valence-electron chi connectivity index (χ3n) is 3.26. The van der Waals surface area contributed by atoms with Crippen LogP contribution in [0.3, 0.4) is 0 Å². The number of aryl methyl sites for hydroxylation is 2. The Morgan fingerprint density at radius 1 is 1.21 bits per heavy atom. The van der Waals surface area contributed by atoms with Crippen molar-refractivity contribution in [1.82, 2.24) is 0 Å². The van der Waals surface area contributed by atoms with Gasteiger partial charge in [-0.15, -0.1) is 0 Å². The Balaban J connectivity index is 2.63. The second kappa shape index (κ2) is 3.01. The predicted molar refractivity (Wildman–Crippen MR) is 62.0 cm³/mol. The second-order valence-electron chi connectivity index (χ2n) is 5.07. The number of hydrogen-bond donors (Lipinski definition) is 1. The summed E-state index contributed by atoms with van der Waals surface area (Å²) in [7, 11) is 0. The van der Waals surface area contributed by atoms with Crippen molar-refractivity contribution >= 4 is 5.69 Å². The summed E-state index contributed by atoms with van der Waals surface area (Å²) in [5, 5.41) is 3.51. The van der Waals surface area contributed by atoms with Crippen molar-refractivity contribution in [2.24, 2.45) is 0 Å². The van der Waals surface area contributed by atoms with Crippen LogP contribution >= 0.6 is 0 Å². The third-order valence-corrected chi connectivity index (χ3v) is 3.26. The average molecular weight is 189 g/mol. The Hall–Kier alpha value is -0.980. The topological polar surface area (TPSA) is 12.0 Å². The molecule has 1 aromatic rings. The van der Waals surface area contributed by atoms with Gasteiger partial charge >= 0.3 is 0 Å². The minimum atomic E-state index is 0.331.